The van der Waals surface area contributed by atoms with Crippen LogP contribution in [0.4, 0.5) is 10.5 Å². The summed E-state index contributed by atoms with van der Waals surface area (Å²) >= 11 is 0. The van der Waals surface area contributed by atoms with Gasteiger partial charge in [0.1, 0.15) is 0 Å². The number of nitrogens with one attached hydrogen (secondary N) is 1. The lowest BCUT2D eigenvalue weighted by atomic mass is 9.96. The van der Waals surface area contributed by atoms with Crippen molar-refractivity contribution in [2.24, 2.45) is 0 Å². The number of para-hydroxylation sites is 1. The minimum Gasteiger partial charge on any atom is -0.452 e. The van der Waals surface area contributed by atoms with Crippen molar-refractivity contribution in [2.75, 3.05) is 18.1 Å². The summed E-state index contributed by atoms with van der Waals surface area (Å²) < 4.78 is 9.81. The summed E-state index contributed by atoms with van der Waals surface area (Å²) in [7, 11) is 0. The van der Waals surface area contributed by atoms with Crippen LogP contribution in [0.5, 0.6) is 0 Å². The summed E-state index contributed by atoms with van der Waals surface area (Å²) in [5.74, 6) is -2.38. The van der Waals surface area contributed by atoms with Crippen LogP contribution in [0.15, 0.2) is 24.3 Å². The van der Waals surface area contributed by atoms with Crippen LogP contribution in [0.25, 0.3) is 0 Å². The van der Waals surface area contributed by atoms with Crippen LogP contribution in [0.1, 0.15) is 43.0 Å². The van der Waals surface area contributed by atoms with E-state index in [4.69, 9.17) is 4.74 Å². The van der Waals surface area contributed by atoms with E-state index in [1.54, 1.807) is 31.2 Å². The fourth-order valence-electron chi connectivity index (χ4n) is 4.08. The minimum absolute atomic E-state index is 0.0644. The SMILES string of the molecule is CCOC(=O)NC(=O)COC(=O)[C@@]12CCC(=O)N1c1ccccc1C(=O)N2C1CC1. The largest absolute Gasteiger partial charge is 0.452 e. The topological polar surface area (TPSA) is 122 Å². The maximum absolute atomic E-state index is 13.3. The number of fused-ring (bicyclic) bond motifs is 3. The van der Waals surface area contributed by atoms with Crippen LogP contribution in [0.2, 0.25) is 0 Å². The highest BCUT2D eigenvalue weighted by atomic mass is 16.6. The summed E-state index contributed by atoms with van der Waals surface area (Å²) in [6, 6.07) is 6.46. The minimum atomic E-state index is -1.63. The van der Waals surface area contributed by atoms with Crippen LogP contribution in [-0.4, -0.2) is 59.6 Å². The molecule has 1 aliphatic carbocycles. The maximum atomic E-state index is 13.3. The molecule has 10 heteroatoms. The first kappa shape index (κ1) is 19.9. The number of imide groups is 1. The molecule has 0 unspecified atom stereocenters. The monoisotopic (exact) mass is 415 g/mol. The van der Waals surface area contributed by atoms with E-state index in [0.717, 1.165) is 0 Å². The van der Waals surface area contributed by atoms with E-state index in [1.807, 2.05) is 5.32 Å². The maximum Gasteiger partial charge on any atom is 0.413 e. The zero-order valence-corrected chi connectivity index (χ0v) is 16.4. The second kappa shape index (κ2) is 7.43. The molecule has 30 heavy (non-hydrogen) atoms. The average molecular weight is 415 g/mol. The molecule has 2 aliphatic heterocycles. The van der Waals surface area contributed by atoms with E-state index in [1.165, 1.54) is 9.80 Å². The molecule has 2 heterocycles. The summed E-state index contributed by atoms with van der Waals surface area (Å²) in [6.07, 6.45) is 0.619. The van der Waals surface area contributed by atoms with Crippen LogP contribution < -0.4 is 10.2 Å². The number of esters is 1. The van der Waals surface area contributed by atoms with Gasteiger partial charge in [0.05, 0.1) is 17.9 Å². The first-order chi connectivity index (χ1) is 14.4. The number of rotatable bonds is 5. The summed E-state index contributed by atoms with van der Waals surface area (Å²) in [5.41, 5.74) is -0.925. The first-order valence-electron chi connectivity index (χ1n) is 9.79. The molecule has 4 amide bonds. The van der Waals surface area contributed by atoms with Crippen LogP contribution >= 0.6 is 0 Å². The average Bonchev–Trinajstić information content (AvgIpc) is 3.49. The number of amides is 4. The molecule has 1 aromatic carbocycles. The third-order valence-electron chi connectivity index (χ3n) is 5.39. The predicted molar refractivity (Wildman–Crippen MR) is 101 cm³/mol. The van der Waals surface area contributed by atoms with Gasteiger partial charge in [-0.15, -0.1) is 0 Å². The fourth-order valence-corrected chi connectivity index (χ4v) is 4.08. The van der Waals surface area contributed by atoms with E-state index >= 15 is 0 Å². The second-order valence-corrected chi connectivity index (χ2v) is 7.31. The Kier molecular flexibility index (Phi) is 4.92. The van der Waals surface area contributed by atoms with Gasteiger partial charge in [0.15, 0.2) is 6.61 Å². The molecule has 1 saturated heterocycles. The number of ether oxygens (including phenoxy) is 2. The highest BCUT2D eigenvalue weighted by Gasteiger charge is 2.64. The number of carbonyl (C=O) groups excluding carboxylic acids is 5. The molecule has 3 aliphatic rings. The normalized spacial score (nSPS) is 22.3. The van der Waals surface area contributed by atoms with Crippen molar-refractivity contribution in [3.63, 3.8) is 0 Å². The molecule has 0 aromatic heterocycles. The molecule has 0 spiro atoms. The molecular weight excluding hydrogens is 394 g/mol. The Labute approximate surface area is 172 Å². The summed E-state index contributed by atoms with van der Waals surface area (Å²) in [6.45, 7) is 0.923. The molecule has 158 valence electrons. The van der Waals surface area contributed by atoms with Crippen molar-refractivity contribution in [3.8, 4) is 0 Å². The number of carbonyl (C=O) groups is 5. The summed E-state index contributed by atoms with van der Waals surface area (Å²) in [4.78, 5) is 65.3. The van der Waals surface area contributed by atoms with E-state index in [0.29, 0.717) is 24.1 Å². The standard InChI is InChI=1S/C20H21N3O7/c1-2-29-19(28)21-15(24)11-30-18(27)20-10-9-16(25)23(20)14-6-4-3-5-13(14)17(26)22(20)12-7-8-12/h3-6,12H,2,7-11H2,1H3,(H,21,24,28)/t20-/m1/s1. The fraction of sp³-hybridized carbons (Fsp3) is 0.450. The van der Waals surface area contributed by atoms with Crippen LogP contribution in [-0.2, 0) is 23.9 Å². The van der Waals surface area contributed by atoms with Gasteiger partial charge in [-0.25, -0.2) is 9.59 Å². The molecule has 10 nitrogen and oxygen atoms in total. The number of hydrogen-bond acceptors (Lipinski definition) is 7. The van der Waals surface area contributed by atoms with Crippen molar-refractivity contribution in [2.45, 2.75) is 44.3 Å². The van der Waals surface area contributed by atoms with Crippen molar-refractivity contribution in [3.05, 3.63) is 29.8 Å². The van der Waals surface area contributed by atoms with Gasteiger partial charge in [0, 0.05) is 18.9 Å². The molecule has 2 fully saturated rings. The van der Waals surface area contributed by atoms with Gasteiger partial charge in [-0.1, -0.05) is 12.1 Å². The second-order valence-electron chi connectivity index (χ2n) is 7.31. The Balaban J connectivity index is 1.63. The smallest absolute Gasteiger partial charge is 0.413 e. The third-order valence-corrected chi connectivity index (χ3v) is 5.39. The Morgan fingerprint density at radius 3 is 2.60 bits per heavy atom. The predicted octanol–water partition coefficient (Wildman–Crippen LogP) is 0.944. The highest BCUT2D eigenvalue weighted by molar-refractivity contribution is 6.15. The molecule has 4 rings (SSSR count). The van der Waals surface area contributed by atoms with Gasteiger partial charge < -0.3 is 14.4 Å². The van der Waals surface area contributed by atoms with Crippen LogP contribution in [0.3, 0.4) is 0 Å². The molecule has 0 bridgehead atoms. The van der Waals surface area contributed by atoms with Gasteiger partial charge in [0.25, 0.3) is 11.8 Å². The van der Waals surface area contributed by atoms with Gasteiger partial charge in [-0.3, -0.25) is 24.6 Å². The number of alkyl carbamates (subject to hydrolysis) is 1. The zero-order valence-electron chi connectivity index (χ0n) is 16.4. The van der Waals surface area contributed by atoms with Gasteiger partial charge in [-0.05, 0) is 31.9 Å². The Morgan fingerprint density at radius 1 is 1.17 bits per heavy atom. The van der Waals surface area contributed by atoms with E-state index in [2.05, 4.69) is 4.74 Å². The Bertz CT molecular complexity index is 942. The number of hydrogen-bond donors (Lipinski definition) is 1. The lowest BCUT2D eigenvalue weighted by Gasteiger charge is -2.48. The number of benzene rings is 1. The molecule has 1 atom stereocenters. The van der Waals surface area contributed by atoms with Gasteiger partial charge in [-0.2, -0.15) is 0 Å². The van der Waals surface area contributed by atoms with Crippen molar-refractivity contribution < 1.29 is 33.4 Å². The lowest BCUT2D eigenvalue weighted by molar-refractivity contribution is -0.160. The number of nitrogens with zero attached hydrogens (tertiary/aromatic N) is 2. The molecule has 0 radical (unpaired) electrons. The third kappa shape index (κ3) is 3.08. The quantitative estimate of drug-likeness (QED) is 0.710. The van der Waals surface area contributed by atoms with Gasteiger partial charge >= 0.3 is 12.1 Å². The van der Waals surface area contributed by atoms with Crippen molar-refractivity contribution in [1.29, 1.82) is 0 Å². The van der Waals surface area contributed by atoms with Crippen LogP contribution in [0, 0.1) is 0 Å². The molecule has 1 saturated carbocycles. The Hall–Kier alpha value is -3.43. The summed E-state index contributed by atoms with van der Waals surface area (Å²) in [5, 5.41) is 1.94. The lowest BCUT2D eigenvalue weighted by Crippen LogP contribution is -2.69. The zero-order chi connectivity index (χ0) is 21.5. The number of anilines is 1. The first-order valence-corrected chi connectivity index (χ1v) is 9.79. The van der Waals surface area contributed by atoms with Crippen molar-refractivity contribution in [1.82, 2.24) is 10.2 Å². The molecular formula is C20H21N3O7. The van der Waals surface area contributed by atoms with Crippen molar-refractivity contribution >= 4 is 35.5 Å². The van der Waals surface area contributed by atoms with E-state index in [-0.39, 0.29) is 37.3 Å². The molecule has 1 N–H and O–H groups in total. The Morgan fingerprint density at radius 2 is 1.90 bits per heavy atom. The highest BCUT2D eigenvalue weighted by Crippen LogP contribution is 2.49. The van der Waals surface area contributed by atoms with E-state index in [9.17, 15) is 24.0 Å². The van der Waals surface area contributed by atoms with E-state index < -0.39 is 30.2 Å². The molecule has 1 aromatic rings. The van der Waals surface area contributed by atoms with Gasteiger partial charge in [0.2, 0.25) is 11.6 Å².